The fourth-order valence-electron chi connectivity index (χ4n) is 7.13. The molecule has 0 saturated heterocycles. The second kappa shape index (κ2) is 15.9. The highest BCUT2D eigenvalue weighted by Gasteiger charge is 2.34. The number of aryl methyl sites for hydroxylation is 2. The Morgan fingerprint density at radius 3 is 2.13 bits per heavy atom. The molecule has 13 heteroatoms. The van der Waals surface area contributed by atoms with E-state index in [2.05, 4.69) is 15.4 Å². The third kappa shape index (κ3) is 8.36. The number of sulfonamides is 1. The van der Waals surface area contributed by atoms with Crippen LogP contribution in [0.5, 0.6) is 5.75 Å². The van der Waals surface area contributed by atoms with Crippen molar-refractivity contribution in [3.05, 3.63) is 127 Å². The molecule has 1 aliphatic rings. The van der Waals surface area contributed by atoms with E-state index in [-0.39, 0.29) is 35.4 Å². The van der Waals surface area contributed by atoms with Crippen LogP contribution < -0.4 is 25.7 Å². The molecule has 1 amide bonds. The number of hydrogen-bond donors (Lipinski definition) is 5. The first-order valence-electron chi connectivity index (χ1n) is 18.0. The molecule has 54 heavy (non-hydrogen) atoms. The maximum Gasteiger partial charge on any atom is 0.326 e. The molecule has 0 spiro atoms. The SMILES string of the molecule is Cc1ccccc1C(c1ccccc1C)n1cccc(C(=O)N[C@@H](CCCNC(=N)NS(=O)(=O)c2c(C)c(C)c3c(c2C)CCC(C)(C)O3)C(=O)O)c1=O. The Labute approximate surface area is 316 Å². The van der Waals surface area contributed by atoms with Gasteiger partial charge in [-0.1, -0.05) is 48.5 Å². The molecule has 0 unspecified atom stereocenters. The number of pyridine rings is 1. The van der Waals surface area contributed by atoms with E-state index >= 15 is 0 Å². The number of rotatable bonds is 12. The van der Waals surface area contributed by atoms with Crippen molar-refractivity contribution in [3.63, 3.8) is 0 Å². The van der Waals surface area contributed by atoms with Crippen molar-refractivity contribution in [1.29, 1.82) is 5.41 Å². The lowest BCUT2D eigenvalue weighted by molar-refractivity contribution is -0.139. The van der Waals surface area contributed by atoms with E-state index < -0.39 is 45.5 Å². The Hall–Kier alpha value is -5.43. The van der Waals surface area contributed by atoms with Crippen LogP contribution in [0.25, 0.3) is 0 Å². The zero-order valence-electron chi connectivity index (χ0n) is 31.8. The molecular weight excluding hydrogens is 707 g/mol. The van der Waals surface area contributed by atoms with Gasteiger partial charge in [0.05, 0.1) is 10.9 Å². The van der Waals surface area contributed by atoms with Gasteiger partial charge in [0.2, 0.25) is 5.96 Å². The second-order valence-corrected chi connectivity index (χ2v) is 16.2. The molecule has 1 aliphatic heterocycles. The predicted octanol–water partition coefficient (Wildman–Crippen LogP) is 5.60. The number of hydrogen-bond acceptors (Lipinski definition) is 7. The third-order valence-corrected chi connectivity index (χ3v) is 11.8. The minimum Gasteiger partial charge on any atom is -0.487 e. The lowest BCUT2D eigenvalue weighted by atomic mass is 9.88. The highest BCUT2D eigenvalue weighted by atomic mass is 32.2. The predicted molar refractivity (Wildman–Crippen MR) is 208 cm³/mol. The van der Waals surface area contributed by atoms with Crippen molar-refractivity contribution < 1.29 is 27.9 Å². The van der Waals surface area contributed by atoms with Gasteiger partial charge in [0, 0.05) is 12.7 Å². The molecule has 0 saturated carbocycles. The first kappa shape index (κ1) is 39.8. The summed E-state index contributed by atoms with van der Waals surface area (Å²) in [7, 11) is -4.15. The van der Waals surface area contributed by atoms with E-state index in [1.807, 2.05) is 83.1 Å². The molecule has 12 nitrogen and oxygen atoms in total. The normalized spacial score (nSPS) is 14.1. The molecule has 1 atom stereocenters. The molecule has 3 aromatic carbocycles. The smallest absolute Gasteiger partial charge is 0.326 e. The van der Waals surface area contributed by atoms with Crippen molar-refractivity contribution in [3.8, 4) is 5.75 Å². The van der Waals surface area contributed by atoms with Gasteiger partial charge in [-0.15, -0.1) is 0 Å². The summed E-state index contributed by atoms with van der Waals surface area (Å²) >= 11 is 0. The van der Waals surface area contributed by atoms with Crippen molar-refractivity contribution >= 4 is 27.9 Å². The Balaban J connectivity index is 1.25. The number of benzene rings is 3. The van der Waals surface area contributed by atoms with Gasteiger partial charge in [-0.2, -0.15) is 0 Å². The summed E-state index contributed by atoms with van der Waals surface area (Å²) in [6.45, 7) is 13.3. The molecule has 286 valence electrons. The Morgan fingerprint density at radius 1 is 0.926 bits per heavy atom. The van der Waals surface area contributed by atoms with Gasteiger partial charge in [0.25, 0.3) is 21.5 Å². The summed E-state index contributed by atoms with van der Waals surface area (Å²) in [5.74, 6) is -1.89. The number of fused-ring (bicyclic) bond motifs is 1. The number of carbonyl (C=O) groups is 2. The average molecular weight is 756 g/mol. The van der Waals surface area contributed by atoms with Crippen LogP contribution in [0, 0.1) is 40.0 Å². The van der Waals surface area contributed by atoms with E-state index in [4.69, 9.17) is 10.1 Å². The van der Waals surface area contributed by atoms with Crippen LogP contribution in [0.15, 0.2) is 76.6 Å². The van der Waals surface area contributed by atoms with Crippen LogP contribution in [-0.4, -0.2) is 54.1 Å². The minimum atomic E-state index is -4.15. The Bertz CT molecular complexity index is 2230. The van der Waals surface area contributed by atoms with Crippen LogP contribution in [0.1, 0.15) is 94.0 Å². The number of aromatic nitrogens is 1. The maximum atomic E-state index is 13.9. The van der Waals surface area contributed by atoms with E-state index in [0.717, 1.165) is 39.8 Å². The fraction of sp³-hybridized carbons (Fsp3) is 0.366. The quantitative estimate of drug-likeness (QED) is 0.0705. The Kier molecular flexibility index (Phi) is 11.7. The first-order valence-corrected chi connectivity index (χ1v) is 19.4. The van der Waals surface area contributed by atoms with E-state index in [1.54, 1.807) is 26.1 Å². The first-order chi connectivity index (χ1) is 25.4. The van der Waals surface area contributed by atoms with Gasteiger partial charge >= 0.3 is 5.97 Å². The fourth-order valence-corrected chi connectivity index (χ4v) is 8.65. The second-order valence-electron chi connectivity index (χ2n) is 14.5. The summed E-state index contributed by atoms with van der Waals surface area (Å²) in [6, 6.07) is 16.5. The van der Waals surface area contributed by atoms with Crippen molar-refractivity contribution in [2.45, 2.75) is 96.7 Å². The molecule has 2 heterocycles. The van der Waals surface area contributed by atoms with Crippen LogP contribution in [0.4, 0.5) is 0 Å². The van der Waals surface area contributed by atoms with Crippen LogP contribution >= 0.6 is 0 Å². The molecule has 0 fully saturated rings. The highest BCUT2D eigenvalue weighted by Crippen LogP contribution is 2.42. The molecule has 0 bridgehead atoms. The van der Waals surface area contributed by atoms with Crippen molar-refractivity contribution in [2.24, 2.45) is 0 Å². The maximum absolute atomic E-state index is 13.9. The number of nitrogens with one attached hydrogen (secondary N) is 4. The van der Waals surface area contributed by atoms with Crippen molar-refractivity contribution in [1.82, 2.24) is 19.9 Å². The number of guanidine groups is 1. The van der Waals surface area contributed by atoms with E-state index in [0.29, 0.717) is 23.3 Å². The number of carboxylic acids is 1. The number of aliphatic carboxylic acids is 1. The number of carboxylic acid groups (broad SMARTS) is 1. The Morgan fingerprint density at radius 2 is 1.54 bits per heavy atom. The molecule has 5 N–H and O–H groups in total. The zero-order valence-corrected chi connectivity index (χ0v) is 32.6. The summed E-state index contributed by atoms with van der Waals surface area (Å²) in [5.41, 5.74) is 5.25. The van der Waals surface area contributed by atoms with E-state index in [9.17, 15) is 27.9 Å². The minimum absolute atomic E-state index is 0.0395. The van der Waals surface area contributed by atoms with Gasteiger partial charge in [-0.05, 0) is 131 Å². The van der Waals surface area contributed by atoms with Gasteiger partial charge in [-0.25, -0.2) is 17.9 Å². The molecule has 4 aromatic rings. The lowest BCUT2D eigenvalue weighted by Crippen LogP contribution is -2.44. The molecule has 1 aromatic heterocycles. The van der Waals surface area contributed by atoms with Gasteiger partial charge < -0.3 is 25.0 Å². The van der Waals surface area contributed by atoms with Crippen LogP contribution in [-0.2, 0) is 21.2 Å². The molecular formula is C41H49N5O7S. The summed E-state index contributed by atoms with van der Waals surface area (Å²) in [5, 5.41) is 23.4. The molecule has 5 rings (SSSR count). The summed E-state index contributed by atoms with van der Waals surface area (Å²) in [4.78, 5) is 39.7. The number of carbonyl (C=O) groups excluding carboxylic acids is 1. The summed E-state index contributed by atoms with van der Waals surface area (Å²) in [6.07, 6.45) is 3.12. The van der Waals surface area contributed by atoms with E-state index in [1.165, 1.54) is 10.6 Å². The molecule has 0 aliphatic carbocycles. The third-order valence-electron chi connectivity index (χ3n) is 10.2. The van der Waals surface area contributed by atoms with Gasteiger partial charge in [0.15, 0.2) is 0 Å². The van der Waals surface area contributed by atoms with Gasteiger partial charge in [-0.3, -0.25) is 15.0 Å². The van der Waals surface area contributed by atoms with Crippen LogP contribution in [0.2, 0.25) is 0 Å². The lowest BCUT2D eigenvalue weighted by Gasteiger charge is -2.35. The highest BCUT2D eigenvalue weighted by molar-refractivity contribution is 7.90. The number of ether oxygens (including phenoxy) is 1. The standard InChI is InChI=1S/C41H49N5O7S/c1-24-14-8-10-16-29(24)34(30-17-11-9-15-25(30)2)46-23-13-18-32(38(46)48)37(47)44-33(39(49)50)19-12-22-43-40(42)45-54(51,52)36-27(4)26(3)35-31(28(36)5)20-21-41(6,7)53-35/h8-11,13-18,23,33-34H,12,19-22H2,1-7H3,(H,44,47)(H,49,50)(H3,42,43,45)/t33-/m0/s1. The topological polar surface area (TPSA) is 180 Å². The van der Waals surface area contributed by atoms with Crippen LogP contribution in [0.3, 0.4) is 0 Å². The average Bonchev–Trinajstić information content (AvgIpc) is 3.10. The number of nitrogens with zero attached hydrogens (tertiary/aromatic N) is 1. The van der Waals surface area contributed by atoms with Crippen molar-refractivity contribution in [2.75, 3.05) is 6.54 Å². The molecule has 0 radical (unpaired) electrons. The largest absolute Gasteiger partial charge is 0.487 e. The summed E-state index contributed by atoms with van der Waals surface area (Å²) < 4.78 is 37.1. The zero-order chi connectivity index (χ0) is 39.5. The monoisotopic (exact) mass is 755 g/mol. The van der Waals surface area contributed by atoms with Gasteiger partial charge in [0.1, 0.15) is 23.0 Å². The number of amides is 1.